The summed E-state index contributed by atoms with van der Waals surface area (Å²) in [7, 11) is 0. The molecule has 0 bridgehead atoms. The molecule has 0 radical (unpaired) electrons. The summed E-state index contributed by atoms with van der Waals surface area (Å²) in [6, 6.07) is 0. The van der Waals surface area contributed by atoms with Crippen molar-refractivity contribution in [1.29, 1.82) is 0 Å². The van der Waals surface area contributed by atoms with E-state index in [1.54, 1.807) is 0 Å². The molecule has 0 aromatic carbocycles. The maximum atomic E-state index is 5.75. The third-order valence-corrected chi connectivity index (χ3v) is 3.11. The molecule has 2 N–H and O–H groups in total. The third kappa shape index (κ3) is 1.63. The van der Waals surface area contributed by atoms with Crippen molar-refractivity contribution in [2.45, 2.75) is 45.4 Å². The summed E-state index contributed by atoms with van der Waals surface area (Å²) >= 11 is 0. The second-order valence-electron chi connectivity index (χ2n) is 4.56. The average molecular weight is 194 g/mol. The van der Waals surface area contributed by atoms with E-state index in [-0.39, 0.29) is 0 Å². The van der Waals surface area contributed by atoms with Gasteiger partial charge in [0.05, 0.1) is 5.69 Å². The molecular weight excluding hydrogens is 176 g/mol. The number of nitrogen functional groups attached to an aromatic ring is 1. The molecule has 1 saturated carbocycles. The Morgan fingerprint density at radius 1 is 1.50 bits per heavy atom. The zero-order valence-corrected chi connectivity index (χ0v) is 8.92. The molecule has 0 atom stereocenters. The van der Waals surface area contributed by atoms with Crippen LogP contribution in [-0.4, -0.2) is 5.16 Å². The molecule has 0 aliphatic heterocycles. The molecule has 0 saturated heterocycles. The zero-order chi connectivity index (χ0) is 10.1. The topological polar surface area (TPSA) is 52.0 Å². The number of rotatable bonds is 3. The Bertz CT molecular complexity index is 313. The summed E-state index contributed by atoms with van der Waals surface area (Å²) in [4.78, 5) is 0. The second kappa shape index (κ2) is 3.64. The molecule has 1 aliphatic carbocycles. The van der Waals surface area contributed by atoms with Gasteiger partial charge >= 0.3 is 0 Å². The fraction of sp³-hybridized carbons (Fsp3) is 0.727. The third-order valence-electron chi connectivity index (χ3n) is 3.11. The Morgan fingerprint density at radius 3 is 2.71 bits per heavy atom. The van der Waals surface area contributed by atoms with Gasteiger partial charge in [-0.2, -0.15) is 0 Å². The van der Waals surface area contributed by atoms with Crippen molar-refractivity contribution in [1.82, 2.24) is 5.16 Å². The lowest BCUT2D eigenvalue weighted by Crippen LogP contribution is -2.15. The molecule has 1 aliphatic rings. The number of nitrogens with zero attached hydrogens (tertiary/aromatic N) is 1. The Balaban J connectivity index is 2.15. The Morgan fingerprint density at radius 2 is 2.21 bits per heavy atom. The lowest BCUT2D eigenvalue weighted by molar-refractivity contribution is 0.305. The van der Waals surface area contributed by atoms with Crippen molar-refractivity contribution in [2.24, 2.45) is 5.92 Å². The highest BCUT2D eigenvalue weighted by molar-refractivity contribution is 5.41. The zero-order valence-electron chi connectivity index (χ0n) is 8.92. The van der Waals surface area contributed by atoms with Gasteiger partial charge in [0.15, 0.2) is 0 Å². The van der Waals surface area contributed by atoms with Crippen LogP contribution in [0.1, 0.15) is 50.3 Å². The standard InChI is InChI=1S/C11H18N2O/c1-7(2)10-9(13-14-11(10)12)6-8-4-3-5-8/h7-8H,3-6,12H2,1-2H3. The van der Waals surface area contributed by atoms with Crippen LogP contribution in [0.25, 0.3) is 0 Å². The van der Waals surface area contributed by atoms with Crippen LogP contribution in [0.2, 0.25) is 0 Å². The minimum absolute atomic E-state index is 0.413. The van der Waals surface area contributed by atoms with Gasteiger partial charge in [-0.15, -0.1) is 0 Å². The van der Waals surface area contributed by atoms with Crippen molar-refractivity contribution in [3.63, 3.8) is 0 Å². The smallest absolute Gasteiger partial charge is 0.225 e. The lowest BCUT2D eigenvalue weighted by Gasteiger charge is -2.24. The highest BCUT2D eigenvalue weighted by Crippen LogP contribution is 2.33. The monoisotopic (exact) mass is 194 g/mol. The first-order valence-corrected chi connectivity index (χ1v) is 5.42. The van der Waals surface area contributed by atoms with Crippen molar-refractivity contribution in [3.8, 4) is 0 Å². The molecule has 14 heavy (non-hydrogen) atoms. The van der Waals surface area contributed by atoms with E-state index < -0.39 is 0 Å². The Hall–Kier alpha value is -0.990. The molecule has 1 aromatic heterocycles. The number of hydrogen-bond donors (Lipinski definition) is 1. The van der Waals surface area contributed by atoms with Gasteiger partial charge < -0.3 is 10.3 Å². The van der Waals surface area contributed by atoms with E-state index in [1.807, 2.05) is 0 Å². The van der Waals surface area contributed by atoms with Crippen LogP contribution in [0.15, 0.2) is 4.52 Å². The lowest BCUT2D eigenvalue weighted by atomic mass is 9.81. The van der Waals surface area contributed by atoms with Gasteiger partial charge in [0.2, 0.25) is 5.88 Å². The quantitative estimate of drug-likeness (QED) is 0.804. The second-order valence-corrected chi connectivity index (χ2v) is 4.56. The molecule has 1 aromatic rings. The fourth-order valence-corrected chi connectivity index (χ4v) is 2.08. The molecule has 2 rings (SSSR count). The van der Waals surface area contributed by atoms with Crippen LogP contribution in [0.4, 0.5) is 5.88 Å². The summed E-state index contributed by atoms with van der Waals surface area (Å²) in [5.74, 6) is 1.74. The van der Waals surface area contributed by atoms with Crippen LogP contribution >= 0.6 is 0 Å². The minimum Gasteiger partial charge on any atom is -0.367 e. The van der Waals surface area contributed by atoms with E-state index >= 15 is 0 Å². The maximum Gasteiger partial charge on any atom is 0.225 e. The minimum atomic E-state index is 0.413. The van der Waals surface area contributed by atoms with Crippen molar-refractivity contribution < 1.29 is 4.52 Å². The molecule has 0 amide bonds. The van der Waals surface area contributed by atoms with Gasteiger partial charge in [0, 0.05) is 5.56 Å². The number of hydrogen-bond acceptors (Lipinski definition) is 3. The van der Waals surface area contributed by atoms with Gasteiger partial charge in [0.1, 0.15) is 0 Å². The predicted octanol–water partition coefficient (Wildman–Crippen LogP) is 2.72. The Labute approximate surface area is 84.7 Å². The van der Waals surface area contributed by atoms with Crippen molar-refractivity contribution in [3.05, 3.63) is 11.3 Å². The summed E-state index contributed by atoms with van der Waals surface area (Å²) in [5.41, 5.74) is 7.96. The largest absolute Gasteiger partial charge is 0.367 e. The first kappa shape index (κ1) is 9.56. The van der Waals surface area contributed by atoms with Gasteiger partial charge in [-0.1, -0.05) is 38.3 Å². The van der Waals surface area contributed by atoms with Gasteiger partial charge in [-0.3, -0.25) is 0 Å². The van der Waals surface area contributed by atoms with E-state index in [1.165, 1.54) is 19.3 Å². The van der Waals surface area contributed by atoms with Crippen LogP contribution < -0.4 is 5.73 Å². The molecule has 0 spiro atoms. The van der Waals surface area contributed by atoms with E-state index in [4.69, 9.17) is 10.3 Å². The van der Waals surface area contributed by atoms with Crippen LogP contribution in [0, 0.1) is 5.92 Å². The van der Waals surface area contributed by atoms with Crippen LogP contribution in [-0.2, 0) is 6.42 Å². The van der Waals surface area contributed by atoms with E-state index in [0.29, 0.717) is 11.8 Å². The predicted molar refractivity (Wildman–Crippen MR) is 56.0 cm³/mol. The number of nitrogens with two attached hydrogens (primary N) is 1. The molecule has 0 unspecified atom stereocenters. The summed E-state index contributed by atoms with van der Waals surface area (Å²) < 4.78 is 5.05. The summed E-state index contributed by atoms with van der Waals surface area (Å²) in [5, 5.41) is 4.06. The molecule has 1 heterocycles. The molecule has 3 heteroatoms. The number of anilines is 1. The van der Waals surface area contributed by atoms with Gasteiger partial charge in [-0.25, -0.2) is 0 Å². The molecule has 1 fully saturated rings. The van der Waals surface area contributed by atoms with Crippen molar-refractivity contribution >= 4 is 5.88 Å². The normalized spacial score (nSPS) is 17.4. The van der Waals surface area contributed by atoms with E-state index in [9.17, 15) is 0 Å². The average Bonchev–Trinajstić information content (AvgIpc) is 2.39. The number of aromatic nitrogens is 1. The molecular formula is C11H18N2O. The fourth-order valence-electron chi connectivity index (χ4n) is 2.08. The molecule has 3 nitrogen and oxygen atoms in total. The summed E-state index contributed by atoms with van der Waals surface area (Å²) in [6.07, 6.45) is 5.10. The first-order valence-electron chi connectivity index (χ1n) is 5.42. The van der Waals surface area contributed by atoms with E-state index in [0.717, 1.165) is 23.6 Å². The SMILES string of the molecule is CC(C)c1c(CC2CCC2)noc1N. The van der Waals surface area contributed by atoms with Crippen LogP contribution in [0.5, 0.6) is 0 Å². The Kier molecular flexibility index (Phi) is 2.48. The highest BCUT2D eigenvalue weighted by atomic mass is 16.5. The van der Waals surface area contributed by atoms with Gasteiger partial charge in [-0.05, 0) is 18.3 Å². The maximum absolute atomic E-state index is 5.75. The van der Waals surface area contributed by atoms with Gasteiger partial charge in [0.25, 0.3) is 0 Å². The van der Waals surface area contributed by atoms with E-state index in [2.05, 4.69) is 19.0 Å². The molecule has 78 valence electrons. The summed E-state index contributed by atoms with van der Waals surface area (Å²) in [6.45, 7) is 4.26. The van der Waals surface area contributed by atoms with Crippen LogP contribution in [0.3, 0.4) is 0 Å². The van der Waals surface area contributed by atoms with Crippen molar-refractivity contribution in [2.75, 3.05) is 5.73 Å². The first-order chi connectivity index (χ1) is 6.68. The highest BCUT2D eigenvalue weighted by Gasteiger charge is 2.23.